The van der Waals surface area contributed by atoms with Gasteiger partial charge in [-0.3, -0.25) is 5.32 Å². The van der Waals surface area contributed by atoms with Crippen LogP contribution >= 0.6 is 11.8 Å². The average Bonchev–Trinajstić information content (AvgIpc) is 2.18. The Bertz CT molecular complexity index is 220. The molecule has 0 spiro atoms. The third-order valence-electron chi connectivity index (χ3n) is 1.85. The third kappa shape index (κ3) is 3.51. The van der Waals surface area contributed by atoms with Crippen LogP contribution in [-0.4, -0.2) is 41.5 Å². The van der Waals surface area contributed by atoms with Crippen molar-refractivity contribution < 1.29 is 14.7 Å². The summed E-state index contributed by atoms with van der Waals surface area (Å²) in [4.78, 5) is 21.7. The number of thioether (sulfide) groups is 1. The Morgan fingerprint density at radius 2 is 2.36 bits per heavy atom. The summed E-state index contributed by atoms with van der Waals surface area (Å²) >= 11 is 1.51. The molecule has 1 atom stereocenters. The van der Waals surface area contributed by atoms with Crippen molar-refractivity contribution in [1.82, 2.24) is 5.32 Å². The summed E-state index contributed by atoms with van der Waals surface area (Å²) in [6.07, 6.45) is 4.13. The van der Waals surface area contributed by atoms with Crippen LogP contribution in [0.1, 0.15) is 6.42 Å². The zero-order valence-electron chi connectivity index (χ0n) is 8.16. The molecular weight excluding hydrogens is 202 g/mol. The van der Waals surface area contributed by atoms with Crippen molar-refractivity contribution in [2.75, 3.05) is 18.6 Å². The van der Waals surface area contributed by atoms with E-state index < -0.39 is 11.5 Å². The zero-order chi connectivity index (χ0) is 11.0. The molecule has 0 aromatic rings. The molecule has 0 radical (unpaired) electrons. The van der Waals surface area contributed by atoms with Gasteiger partial charge in [-0.25, -0.2) is 4.79 Å². The van der Waals surface area contributed by atoms with Gasteiger partial charge in [-0.1, -0.05) is 6.08 Å². The number of aliphatic carboxylic acids is 1. The maximum Gasteiger partial charge on any atom is 0.331 e. The fraction of sp³-hybridized carbons (Fsp3) is 0.556. The van der Waals surface area contributed by atoms with Crippen LogP contribution in [0.15, 0.2) is 12.7 Å². The normalized spacial score (nSPS) is 14.4. The number of carbonyl (C=O) groups is 2. The second-order valence-electron chi connectivity index (χ2n) is 2.81. The van der Waals surface area contributed by atoms with Crippen molar-refractivity contribution in [3.8, 4) is 0 Å². The maximum absolute atomic E-state index is 10.9. The molecule has 0 aliphatic carbocycles. The molecule has 0 fully saturated rings. The highest BCUT2D eigenvalue weighted by Crippen LogP contribution is 2.11. The number of carbonyl (C=O) groups excluding carboxylic acids is 1. The second kappa shape index (κ2) is 6.62. The summed E-state index contributed by atoms with van der Waals surface area (Å²) in [5, 5.41) is 11.6. The number of nitrogens with one attached hydrogen (secondary N) is 1. The summed E-state index contributed by atoms with van der Waals surface area (Å²) in [6, 6.07) is 0. The number of aldehydes is 1. The van der Waals surface area contributed by atoms with Crippen molar-refractivity contribution in [2.45, 2.75) is 12.0 Å². The van der Waals surface area contributed by atoms with E-state index in [0.29, 0.717) is 18.6 Å². The lowest BCUT2D eigenvalue weighted by Gasteiger charge is -2.23. The number of rotatable bonds is 8. The quantitative estimate of drug-likeness (QED) is 0.353. The number of carboxylic acids is 1. The molecule has 0 rings (SSSR count). The van der Waals surface area contributed by atoms with Gasteiger partial charge in [0, 0.05) is 6.54 Å². The predicted octanol–water partition coefficient (Wildman–Crippen LogP) is 0.537. The van der Waals surface area contributed by atoms with Crippen LogP contribution in [0.25, 0.3) is 0 Å². The van der Waals surface area contributed by atoms with Crippen LogP contribution in [0.3, 0.4) is 0 Å². The van der Waals surface area contributed by atoms with Crippen LogP contribution in [-0.2, 0) is 9.59 Å². The Labute approximate surface area is 87.8 Å². The van der Waals surface area contributed by atoms with Crippen LogP contribution in [0.2, 0.25) is 0 Å². The van der Waals surface area contributed by atoms with E-state index in [1.165, 1.54) is 17.8 Å². The Hall–Kier alpha value is -0.810. The molecule has 4 nitrogen and oxygen atoms in total. The Morgan fingerprint density at radius 1 is 1.71 bits per heavy atom. The monoisotopic (exact) mass is 217 g/mol. The highest BCUT2D eigenvalue weighted by atomic mass is 32.2. The second-order valence-corrected chi connectivity index (χ2v) is 3.79. The lowest BCUT2D eigenvalue weighted by molar-refractivity contribution is -0.147. The smallest absolute Gasteiger partial charge is 0.331 e. The van der Waals surface area contributed by atoms with Gasteiger partial charge in [0.2, 0.25) is 0 Å². The molecule has 1 unspecified atom stereocenters. The molecule has 0 saturated carbocycles. The van der Waals surface area contributed by atoms with Crippen LogP contribution in [0.5, 0.6) is 0 Å². The van der Waals surface area contributed by atoms with E-state index in [1.807, 2.05) is 6.26 Å². The largest absolute Gasteiger partial charge is 0.480 e. The van der Waals surface area contributed by atoms with E-state index in [1.54, 1.807) is 0 Å². The molecule has 0 amide bonds. The van der Waals surface area contributed by atoms with Gasteiger partial charge in [0.05, 0.1) is 0 Å². The molecule has 2 N–H and O–H groups in total. The molecule has 5 heteroatoms. The first-order valence-electron chi connectivity index (χ1n) is 4.17. The summed E-state index contributed by atoms with van der Waals surface area (Å²) in [5.74, 6) is -0.516. The molecule has 80 valence electrons. The van der Waals surface area contributed by atoms with E-state index in [4.69, 9.17) is 5.11 Å². The van der Waals surface area contributed by atoms with Gasteiger partial charge in [-0.15, -0.1) is 6.58 Å². The minimum Gasteiger partial charge on any atom is -0.480 e. The zero-order valence-corrected chi connectivity index (χ0v) is 8.97. The van der Waals surface area contributed by atoms with Gasteiger partial charge in [0.15, 0.2) is 11.8 Å². The first-order valence-corrected chi connectivity index (χ1v) is 5.57. The Morgan fingerprint density at radius 3 is 2.71 bits per heavy atom. The fourth-order valence-corrected chi connectivity index (χ4v) is 1.47. The number of hydrogen-bond acceptors (Lipinski definition) is 4. The van der Waals surface area contributed by atoms with E-state index in [-0.39, 0.29) is 6.42 Å². The summed E-state index contributed by atoms with van der Waals surface area (Å²) in [7, 11) is 0. The summed E-state index contributed by atoms with van der Waals surface area (Å²) < 4.78 is 0. The van der Waals surface area contributed by atoms with Gasteiger partial charge in [0.25, 0.3) is 0 Å². The SMILES string of the molecule is C=CCNC(C=O)(CCSC)C(=O)O. The van der Waals surface area contributed by atoms with E-state index in [0.717, 1.165) is 0 Å². The van der Waals surface area contributed by atoms with E-state index in [2.05, 4.69) is 11.9 Å². The highest BCUT2D eigenvalue weighted by molar-refractivity contribution is 7.98. The lowest BCUT2D eigenvalue weighted by atomic mass is 9.98. The van der Waals surface area contributed by atoms with Crippen molar-refractivity contribution in [2.24, 2.45) is 0 Å². The molecule has 0 saturated heterocycles. The van der Waals surface area contributed by atoms with Gasteiger partial charge in [-0.2, -0.15) is 11.8 Å². The predicted molar refractivity (Wildman–Crippen MR) is 57.6 cm³/mol. The van der Waals surface area contributed by atoms with Crippen LogP contribution in [0.4, 0.5) is 0 Å². The van der Waals surface area contributed by atoms with Gasteiger partial charge in [0.1, 0.15) is 0 Å². The van der Waals surface area contributed by atoms with Crippen molar-refractivity contribution >= 4 is 24.0 Å². The number of carboxylic acid groups (broad SMARTS) is 1. The van der Waals surface area contributed by atoms with E-state index in [9.17, 15) is 9.59 Å². The maximum atomic E-state index is 10.9. The summed E-state index contributed by atoms with van der Waals surface area (Å²) in [5.41, 5.74) is -1.46. The molecule has 14 heavy (non-hydrogen) atoms. The van der Waals surface area contributed by atoms with E-state index >= 15 is 0 Å². The van der Waals surface area contributed by atoms with Crippen LogP contribution in [0, 0.1) is 0 Å². The third-order valence-corrected chi connectivity index (χ3v) is 2.46. The number of hydrogen-bond donors (Lipinski definition) is 2. The Kier molecular flexibility index (Phi) is 6.23. The first kappa shape index (κ1) is 13.2. The highest BCUT2D eigenvalue weighted by Gasteiger charge is 2.36. The van der Waals surface area contributed by atoms with Crippen molar-refractivity contribution in [1.29, 1.82) is 0 Å². The minimum atomic E-state index is -1.46. The molecule has 0 bridgehead atoms. The lowest BCUT2D eigenvalue weighted by Crippen LogP contribution is -2.54. The minimum absolute atomic E-state index is 0.279. The van der Waals surface area contributed by atoms with Gasteiger partial charge < -0.3 is 9.90 Å². The molecular formula is C9H15NO3S. The first-order chi connectivity index (χ1) is 6.63. The van der Waals surface area contributed by atoms with Crippen LogP contribution < -0.4 is 5.32 Å². The van der Waals surface area contributed by atoms with Crippen molar-refractivity contribution in [3.05, 3.63) is 12.7 Å². The van der Waals surface area contributed by atoms with Gasteiger partial charge in [-0.05, 0) is 18.4 Å². The molecule has 0 aromatic carbocycles. The fourth-order valence-electron chi connectivity index (χ4n) is 0.939. The standard InChI is InChI=1S/C9H15NO3S/c1-3-5-10-9(7-11,8(12)13)4-6-14-2/h3,7,10H,1,4-6H2,2H3,(H,12,13). The molecule has 0 aromatic heterocycles. The molecule has 0 heterocycles. The van der Waals surface area contributed by atoms with Crippen molar-refractivity contribution in [3.63, 3.8) is 0 Å². The summed E-state index contributed by atoms with van der Waals surface area (Å²) in [6.45, 7) is 3.77. The average molecular weight is 217 g/mol. The molecule has 0 aliphatic rings. The van der Waals surface area contributed by atoms with Gasteiger partial charge >= 0.3 is 5.97 Å². The topological polar surface area (TPSA) is 66.4 Å². The Balaban J connectivity index is 4.50. The molecule has 0 aliphatic heterocycles.